The lowest BCUT2D eigenvalue weighted by atomic mass is 10.1. The number of nitrogens with one attached hydrogen (secondary N) is 1. The highest BCUT2D eigenvalue weighted by Crippen LogP contribution is 2.19. The molecule has 0 radical (unpaired) electrons. The SMILES string of the molecule is Cc1cc(NC(C)c2cccc(F)c2)ccn1. The maximum atomic E-state index is 13.1. The Hall–Kier alpha value is -1.90. The highest BCUT2D eigenvalue weighted by Gasteiger charge is 2.06. The third kappa shape index (κ3) is 3.03. The molecule has 0 aliphatic carbocycles. The largest absolute Gasteiger partial charge is 0.378 e. The quantitative estimate of drug-likeness (QED) is 0.869. The van der Waals surface area contributed by atoms with Gasteiger partial charge in [-0.2, -0.15) is 0 Å². The van der Waals surface area contributed by atoms with Crippen LogP contribution in [0.15, 0.2) is 42.6 Å². The molecule has 0 fully saturated rings. The Labute approximate surface area is 101 Å². The Morgan fingerprint density at radius 1 is 1.24 bits per heavy atom. The molecule has 88 valence electrons. The fraction of sp³-hybridized carbons (Fsp3) is 0.214. The fourth-order valence-electron chi connectivity index (χ4n) is 1.74. The number of anilines is 1. The van der Waals surface area contributed by atoms with Crippen LogP contribution in [-0.4, -0.2) is 4.98 Å². The van der Waals surface area contributed by atoms with Crippen molar-refractivity contribution in [2.45, 2.75) is 19.9 Å². The number of hydrogen-bond acceptors (Lipinski definition) is 2. The van der Waals surface area contributed by atoms with Crippen molar-refractivity contribution < 1.29 is 4.39 Å². The zero-order valence-electron chi connectivity index (χ0n) is 9.94. The summed E-state index contributed by atoms with van der Waals surface area (Å²) in [6.07, 6.45) is 1.76. The summed E-state index contributed by atoms with van der Waals surface area (Å²) in [6.45, 7) is 3.95. The van der Waals surface area contributed by atoms with Crippen LogP contribution in [0, 0.1) is 12.7 Å². The molecule has 0 aliphatic rings. The van der Waals surface area contributed by atoms with Gasteiger partial charge in [0.1, 0.15) is 5.82 Å². The van der Waals surface area contributed by atoms with Crippen LogP contribution in [0.1, 0.15) is 24.2 Å². The van der Waals surface area contributed by atoms with E-state index in [0.29, 0.717) is 0 Å². The zero-order chi connectivity index (χ0) is 12.3. The Morgan fingerprint density at radius 2 is 2.06 bits per heavy atom. The molecule has 1 aromatic carbocycles. The van der Waals surface area contributed by atoms with Gasteiger partial charge in [0.25, 0.3) is 0 Å². The number of benzene rings is 1. The van der Waals surface area contributed by atoms with Crippen LogP contribution in [-0.2, 0) is 0 Å². The highest BCUT2D eigenvalue weighted by atomic mass is 19.1. The average molecular weight is 230 g/mol. The van der Waals surface area contributed by atoms with E-state index in [1.54, 1.807) is 18.3 Å². The van der Waals surface area contributed by atoms with Gasteiger partial charge in [-0.3, -0.25) is 4.98 Å². The maximum Gasteiger partial charge on any atom is 0.123 e. The van der Waals surface area contributed by atoms with Gasteiger partial charge in [-0.05, 0) is 43.7 Å². The van der Waals surface area contributed by atoms with E-state index < -0.39 is 0 Å². The number of nitrogens with zero attached hydrogens (tertiary/aromatic N) is 1. The molecule has 0 saturated heterocycles. The van der Waals surface area contributed by atoms with Crippen LogP contribution < -0.4 is 5.32 Å². The molecule has 1 unspecified atom stereocenters. The van der Waals surface area contributed by atoms with Crippen molar-refractivity contribution in [3.8, 4) is 0 Å². The van der Waals surface area contributed by atoms with Gasteiger partial charge in [0.2, 0.25) is 0 Å². The summed E-state index contributed by atoms with van der Waals surface area (Å²) < 4.78 is 13.1. The number of aryl methyl sites for hydroxylation is 1. The first kappa shape index (κ1) is 11.6. The van der Waals surface area contributed by atoms with Crippen molar-refractivity contribution in [2.24, 2.45) is 0 Å². The first-order chi connectivity index (χ1) is 8.15. The molecule has 2 aromatic rings. The van der Waals surface area contributed by atoms with Gasteiger partial charge in [0.05, 0.1) is 0 Å². The van der Waals surface area contributed by atoms with E-state index in [1.807, 2.05) is 32.0 Å². The van der Waals surface area contributed by atoms with Gasteiger partial charge in [-0.25, -0.2) is 4.39 Å². The van der Waals surface area contributed by atoms with Crippen molar-refractivity contribution in [2.75, 3.05) is 5.32 Å². The van der Waals surface area contributed by atoms with Crippen LogP contribution >= 0.6 is 0 Å². The standard InChI is InChI=1S/C14H15FN2/c1-10-8-14(6-7-16-10)17-11(2)12-4-3-5-13(15)9-12/h3-9,11H,1-2H3,(H,16,17). The first-order valence-electron chi connectivity index (χ1n) is 5.60. The normalized spacial score (nSPS) is 12.2. The lowest BCUT2D eigenvalue weighted by Gasteiger charge is -2.15. The number of halogens is 1. The Bertz CT molecular complexity index is 511. The van der Waals surface area contributed by atoms with Gasteiger partial charge in [-0.15, -0.1) is 0 Å². The molecule has 2 nitrogen and oxygen atoms in total. The summed E-state index contributed by atoms with van der Waals surface area (Å²) in [5, 5.41) is 3.32. The molecule has 1 heterocycles. The Morgan fingerprint density at radius 3 is 2.76 bits per heavy atom. The highest BCUT2D eigenvalue weighted by molar-refractivity contribution is 5.45. The molecule has 0 aliphatic heterocycles. The van der Waals surface area contributed by atoms with E-state index in [-0.39, 0.29) is 11.9 Å². The minimum Gasteiger partial charge on any atom is -0.378 e. The minimum atomic E-state index is -0.206. The smallest absolute Gasteiger partial charge is 0.123 e. The Kier molecular flexibility index (Phi) is 3.38. The summed E-state index contributed by atoms with van der Waals surface area (Å²) in [5.74, 6) is -0.206. The van der Waals surface area contributed by atoms with E-state index in [9.17, 15) is 4.39 Å². The lowest BCUT2D eigenvalue weighted by Crippen LogP contribution is -2.07. The van der Waals surface area contributed by atoms with E-state index in [0.717, 1.165) is 16.9 Å². The summed E-state index contributed by atoms with van der Waals surface area (Å²) in [7, 11) is 0. The lowest BCUT2D eigenvalue weighted by molar-refractivity contribution is 0.623. The second-order valence-corrected chi connectivity index (χ2v) is 4.11. The summed E-state index contributed by atoms with van der Waals surface area (Å²) in [4.78, 5) is 4.13. The van der Waals surface area contributed by atoms with Gasteiger partial charge in [0.15, 0.2) is 0 Å². The number of hydrogen-bond donors (Lipinski definition) is 1. The minimum absolute atomic E-state index is 0.0625. The van der Waals surface area contributed by atoms with E-state index in [1.165, 1.54) is 6.07 Å². The van der Waals surface area contributed by atoms with E-state index in [4.69, 9.17) is 0 Å². The molecule has 0 amide bonds. The van der Waals surface area contributed by atoms with Crippen LogP contribution in [0.5, 0.6) is 0 Å². The monoisotopic (exact) mass is 230 g/mol. The predicted molar refractivity (Wildman–Crippen MR) is 67.4 cm³/mol. The third-order valence-corrected chi connectivity index (χ3v) is 2.63. The molecule has 1 N–H and O–H groups in total. The Balaban J connectivity index is 2.14. The molecule has 0 saturated carbocycles. The van der Waals surface area contributed by atoms with Crippen molar-refractivity contribution >= 4 is 5.69 Å². The fourth-order valence-corrected chi connectivity index (χ4v) is 1.74. The van der Waals surface area contributed by atoms with Crippen LogP contribution in [0.2, 0.25) is 0 Å². The van der Waals surface area contributed by atoms with Gasteiger partial charge >= 0.3 is 0 Å². The molecule has 1 atom stereocenters. The molecule has 17 heavy (non-hydrogen) atoms. The average Bonchev–Trinajstić information content (AvgIpc) is 2.29. The summed E-state index contributed by atoms with van der Waals surface area (Å²) in [6, 6.07) is 10.6. The van der Waals surface area contributed by atoms with Crippen LogP contribution in [0.3, 0.4) is 0 Å². The van der Waals surface area contributed by atoms with Crippen LogP contribution in [0.4, 0.5) is 10.1 Å². The first-order valence-corrected chi connectivity index (χ1v) is 5.60. The molecular weight excluding hydrogens is 215 g/mol. The molecule has 1 aromatic heterocycles. The van der Waals surface area contributed by atoms with Gasteiger partial charge < -0.3 is 5.32 Å². The maximum absolute atomic E-state index is 13.1. The second-order valence-electron chi connectivity index (χ2n) is 4.11. The molecule has 2 rings (SSSR count). The van der Waals surface area contributed by atoms with E-state index >= 15 is 0 Å². The molecular formula is C14H15FN2. The van der Waals surface area contributed by atoms with Crippen molar-refractivity contribution in [3.63, 3.8) is 0 Å². The number of rotatable bonds is 3. The predicted octanol–water partition coefficient (Wildman–Crippen LogP) is 3.70. The van der Waals surface area contributed by atoms with Gasteiger partial charge in [0, 0.05) is 23.6 Å². The topological polar surface area (TPSA) is 24.9 Å². The third-order valence-electron chi connectivity index (χ3n) is 2.63. The number of pyridine rings is 1. The van der Waals surface area contributed by atoms with Gasteiger partial charge in [-0.1, -0.05) is 12.1 Å². The molecule has 0 spiro atoms. The number of aromatic nitrogens is 1. The van der Waals surface area contributed by atoms with E-state index in [2.05, 4.69) is 10.3 Å². The van der Waals surface area contributed by atoms with Crippen molar-refractivity contribution in [1.82, 2.24) is 4.98 Å². The summed E-state index contributed by atoms with van der Waals surface area (Å²) in [5.41, 5.74) is 2.88. The summed E-state index contributed by atoms with van der Waals surface area (Å²) >= 11 is 0. The van der Waals surface area contributed by atoms with Crippen molar-refractivity contribution in [1.29, 1.82) is 0 Å². The molecule has 0 bridgehead atoms. The molecule has 3 heteroatoms. The zero-order valence-corrected chi connectivity index (χ0v) is 9.94. The second kappa shape index (κ2) is 4.95. The van der Waals surface area contributed by atoms with Crippen molar-refractivity contribution in [3.05, 3.63) is 59.7 Å². The van der Waals surface area contributed by atoms with Crippen LogP contribution in [0.25, 0.3) is 0 Å².